The predicted octanol–water partition coefficient (Wildman–Crippen LogP) is 4.76. The third-order valence-corrected chi connectivity index (χ3v) is 5.41. The largest absolute Gasteiger partial charge is 0.493 e. The zero-order valence-corrected chi connectivity index (χ0v) is 18.0. The van der Waals surface area contributed by atoms with Gasteiger partial charge in [0.05, 0.1) is 24.5 Å². The summed E-state index contributed by atoms with van der Waals surface area (Å²) in [5.74, 6) is 1.42. The third-order valence-electron chi connectivity index (χ3n) is 5.41. The van der Waals surface area contributed by atoms with Crippen LogP contribution in [0.5, 0.6) is 11.5 Å². The molecule has 0 aliphatic heterocycles. The van der Waals surface area contributed by atoms with Crippen LogP contribution in [0.4, 0.5) is 11.5 Å². The Morgan fingerprint density at radius 1 is 1.00 bits per heavy atom. The van der Waals surface area contributed by atoms with Crippen molar-refractivity contribution in [2.45, 2.75) is 39.2 Å². The Balaban J connectivity index is 2.28. The van der Waals surface area contributed by atoms with Gasteiger partial charge in [-0.1, -0.05) is 32.3 Å². The molecule has 0 aliphatic rings. The van der Waals surface area contributed by atoms with Gasteiger partial charge >= 0.3 is 0 Å². The molecule has 3 rings (SSSR count). The fourth-order valence-corrected chi connectivity index (χ4v) is 3.78. The molecule has 2 N–H and O–H groups in total. The van der Waals surface area contributed by atoms with Crippen molar-refractivity contribution in [2.24, 2.45) is 0 Å². The monoisotopic (exact) mass is 425 g/mol. The second-order valence-electron chi connectivity index (χ2n) is 7.33. The first-order valence-electron chi connectivity index (χ1n) is 10.3. The van der Waals surface area contributed by atoms with Gasteiger partial charge in [0.15, 0.2) is 11.5 Å². The molecule has 164 valence electrons. The molecule has 0 radical (unpaired) electrons. The van der Waals surface area contributed by atoms with Crippen LogP contribution in [0.1, 0.15) is 32.6 Å². The first-order chi connectivity index (χ1) is 14.9. The molecular formula is C23H27N3O5. The first kappa shape index (κ1) is 22.1. The maximum atomic E-state index is 13.2. The van der Waals surface area contributed by atoms with Crippen LogP contribution in [-0.2, 0) is 6.54 Å². The lowest BCUT2D eigenvalue weighted by Crippen LogP contribution is -2.24. The molecule has 1 heterocycles. The van der Waals surface area contributed by atoms with Crippen molar-refractivity contribution in [2.75, 3.05) is 20.0 Å². The van der Waals surface area contributed by atoms with E-state index in [9.17, 15) is 14.9 Å². The number of ether oxygens (including phenoxy) is 2. The highest BCUT2D eigenvalue weighted by Crippen LogP contribution is 2.38. The Bertz CT molecular complexity index is 1170. The van der Waals surface area contributed by atoms with Crippen LogP contribution in [-0.4, -0.2) is 23.7 Å². The van der Waals surface area contributed by atoms with Crippen molar-refractivity contribution < 1.29 is 14.4 Å². The molecule has 0 saturated carbocycles. The van der Waals surface area contributed by atoms with E-state index in [2.05, 4.69) is 6.92 Å². The van der Waals surface area contributed by atoms with Gasteiger partial charge in [-0.05, 0) is 35.6 Å². The van der Waals surface area contributed by atoms with E-state index in [-0.39, 0.29) is 16.6 Å². The maximum Gasteiger partial charge on any atom is 0.270 e. The first-order valence-corrected chi connectivity index (χ1v) is 10.3. The summed E-state index contributed by atoms with van der Waals surface area (Å²) < 4.78 is 12.3. The fraction of sp³-hybridized carbons (Fsp3) is 0.348. The van der Waals surface area contributed by atoms with Gasteiger partial charge in [-0.25, -0.2) is 0 Å². The number of nitro groups is 1. The van der Waals surface area contributed by atoms with Crippen LogP contribution in [0.3, 0.4) is 0 Å². The highest BCUT2D eigenvalue weighted by molar-refractivity contribution is 6.01. The molecule has 0 bridgehead atoms. The van der Waals surface area contributed by atoms with Crippen molar-refractivity contribution in [1.29, 1.82) is 0 Å². The summed E-state index contributed by atoms with van der Waals surface area (Å²) in [4.78, 5) is 24.0. The maximum absolute atomic E-state index is 13.2. The van der Waals surface area contributed by atoms with E-state index in [1.807, 2.05) is 6.07 Å². The topological polar surface area (TPSA) is 110 Å². The van der Waals surface area contributed by atoms with Crippen molar-refractivity contribution in [1.82, 2.24) is 4.57 Å². The molecule has 0 spiro atoms. The zero-order valence-electron chi connectivity index (χ0n) is 18.0. The standard InChI is InChI=1S/C23H27N3O5/c1-4-5-6-7-12-25-22(24)21(15-8-11-19(30-2)20(13-15)31-3)17-10-9-16(26(28)29)14-18(17)23(25)27/h8-11,13-14H,4-7,12,24H2,1-3H3. The number of anilines is 1. The lowest BCUT2D eigenvalue weighted by Gasteiger charge is -2.18. The van der Waals surface area contributed by atoms with E-state index in [4.69, 9.17) is 15.2 Å². The SMILES string of the molecule is CCCCCCn1c(N)c(-c2ccc(OC)c(OC)c2)c2ccc([N+](=O)[O-])cc2c1=O. The minimum absolute atomic E-state index is 0.134. The second-order valence-corrected chi connectivity index (χ2v) is 7.33. The molecule has 3 aromatic rings. The summed E-state index contributed by atoms with van der Waals surface area (Å²) in [5.41, 5.74) is 7.43. The minimum Gasteiger partial charge on any atom is -0.493 e. The van der Waals surface area contributed by atoms with E-state index in [0.29, 0.717) is 34.8 Å². The lowest BCUT2D eigenvalue weighted by atomic mass is 9.98. The van der Waals surface area contributed by atoms with Crippen LogP contribution < -0.4 is 20.8 Å². The Kier molecular flexibility index (Phi) is 6.79. The number of nitrogens with zero attached hydrogens (tertiary/aromatic N) is 2. The third kappa shape index (κ3) is 4.33. The quantitative estimate of drug-likeness (QED) is 0.301. The number of rotatable bonds is 9. The van der Waals surface area contributed by atoms with Gasteiger partial charge < -0.3 is 15.2 Å². The normalized spacial score (nSPS) is 10.9. The number of nitrogens with two attached hydrogens (primary N) is 1. The Labute approximate surface area is 180 Å². The summed E-state index contributed by atoms with van der Waals surface area (Å²) in [5, 5.41) is 12.1. The number of nitrogen functional groups attached to an aromatic ring is 1. The molecule has 0 unspecified atom stereocenters. The summed E-state index contributed by atoms with van der Waals surface area (Å²) in [6, 6.07) is 9.68. The van der Waals surface area contributed by atoms with Crippen molar-refractivity contribution in [3.63, 3.8) is 0 Å². The van der Waals surface area contributed by atoms with Crippen LogP contribution >= 0.6 is 0 Å². The van der Waals surface area contributed by atoms with Gasteiger partial charge in [-0.2, -0.15) is 0 Å². The molecule has 1 aromatic heterocycles. The van der Waals surface area contributed by atoms with E-state index >= 15 is 0 Å². The van der Waals surface area contributed by atoms with Gasteiger partial charge in [-0.15, -0.1) is 0 Å². The van der Waals surface area contributed by atoms with Gasteiger partial charge in [0.1, 0.15) is 5.82 Å². The molecular weight excluding hydrogens is 398 g/mol. The molecule has 0 amide bonds. The van der Waals surface area contributed by atoms with Crippen LogP contribution in [0.25, 0.3) is 21.9 Å². The number of pyridine rings is 1. The van der Waals surface area contributed by atoms with Crippen LogP contribution in [0.15, 0.2) is 41.2 Å². The number of non-ortho nitro benzene ring substituents is 1. The number of fused-ring (bicyclic) bond motifs is 1. The lowest BCUT2D eigenvalue weighted by molar-refractivity contribution is -0.384. The molecule has 8 nitrogen and oxygen atoms in total. The summed E-state index contributed by atoms with van der Waals surface area (Å²) in [7, 11) is 3.10. The molecule has 2 aromatic carbocycles. The molecule has 0 fully saturated rings. The summed E-state index contributed by atoms with van der Waals surface area (Å²) >= 11 is 0. The second kappa shape index (κ2) is 9.51. The van der Waals surface area contributed by atoms with E-state index < -0.39 is 4.92 Å². The summed E-state index contributed by atoms with van der Waals surface area (Å²) in [6.45, 7) is 2.56. The van der Waals surface area contributed by atoms with Crippen molar-refractivity contribution in [3.8, 4) is 22.6 Å². The van der Waals surface area contributed by atoms with E-state index in [0.717, 1.165) is 31.2 Å². The molecule has 0 saturated heterocycles. The molecule has 8 heteroatoms. The van der Waals surface area contributed by atoms with Crippen LogP contribution in [0, 0.1) is 10.1 Å². The predicted molar refractivity (Wildman–Crippen MR) is 122 cm³/mol. The number of methoxy groups -OCH3 is 2. The molecule has 0 aliphatic carbocycles. The van der Waals surface area contributed by atoms with Gasteiger partial charge in [0.2, 0.25) is 0 Å². The van der Waals surface area contributed by atoms with E-state index in [1.54, 1.807) is 32.4 Å². The minimum atomic E-state index is -0.503. The fourth-order valence-electron chi connectivity index (χ4n) is 3.78. The highest BCUT2D eigenvalue weighted by atomic mass is 16.6. The number of benzene rings is 2. The zero-order chi connectivity index (χ0) is 22.5. The number of hydrogen-bond acceptors (Lipinski definition) is 6. The van der Waals surface area contributed by atoms with Gasteiger partial charge in [0, 0.05) is 24.2 Å². The average molecular weight is 425 g/mol. The van der Waals surface area contributed by atoms with Crippen molar-refractivity contribution in [3.05, 3.63) is 56.9 Å². The van der Waals surface area contributed by atoms with E-state index in [1.165, 1.54) is 16.7 Å². The highest BCUT2D eigenvalue weighted by Gasteiger charge is 2.20. The smallest absolute Gasteiger partial charge is 0.270 e. The van der Waals surface area contributed by atoms with Crippen molar-refractivity contribution >= 4 is 22.3 Å². The van der Waals surface area contributed by atoms with Gasteiger partial charge in [0.25, 0.3) is 11.2 Å². The Morgan fingerprint density at radius 3 is 2.39 bits per heavy atom. The number of unbranched alkanes of at least 4 members (excludes halogenated alkanes) is 3. The molecule has 0 atom stereocenters. The van der Waals surface area contributed by atoms with Gasteiger partial charge in [-0.3, -0.25) is 19.5 Å². The Hall–Kier alpha value is -3.55. The number of aromatic nitrogens is 1. The van der Waals surface area contributed by atoms with Crippen LogP contribution in [0.2, 0.25) is 0 Å². The number of nitro benzene ring substituents is 1. The molecule has 31 heavy (non-hydrogen) atoms. The summed E-state index contributed by atoms with van der Waals surface area (Å²) in [6.07, 6.45) is 3.91. The number of hydrogen-bond donors (Lipinski definition) is 1. The average Bonchev–Trinajstić information content (AvgIpc) is 2.78. The Morgan fingerprint density at radius 2 is 1.74 bits per heavy atom.